The second kappa shape index (κ2) is 6.43. The first-order valence-corrected chi connectivity index (χ1v) is 11.1. The van der Waals surface area contributed by atoms with Crippen LogP contribution in [0.4, 0.5) is 0 Å². The predicted octanol–water partition coefficient (Wildman–Crippen LogP) is 4.23. The van der Waals surface area contributed by atoms with Gasteiger partial charge in [-0.2, -0.15) is 0 Å². The highest BCUT2D eigenvalue weighted by Crippen LogP contribution is 2.69. The number of hydrogen-bond acceptors (Lipinski definition) is 3. The van der Waals surface area contributed by atoms with Gasteiger partial charge in [-0.15, -0.1) is 0 Å². The first-order valence-electron chi connectivity index (χ1n) is 11.1. The van der Waals surface area contributed by atoms with E-state index >= 15 is 0 Å². The summed E-state index contributed by atoms with van der Waals surface area (Å²) < 4.78 is 0. The first-order chi connectivity index (χ1) is 12.7. The highest BCUT2D eigenvalue weighted by Gasteiger charge is 2.65. The second-order valence-electron chi connectivity index (χ2n) is 10.5. The van der Waals surface area contributed by atoms with Gasteiger partial charge in [0.1, 0.15) is 0 Å². The topological polar surface area (TPSA) is 60.7 Å². The van der Waals surface area contributed by atoms with Gasteiger partial charge in [0, 0.05) is 6.61 Å². The Morgan fingerprint density at radius 1 is 1.04 bits per heavy atom. The summed E-state index contributed by atoms with van der Waals surface area (Å²) in [5.41, 5.74) is 1.35. The van der Waals surface area contributed by atoms with E-state index in [1.54, 1.807) is 0 Å². The molecular formula is C24H38O3. The first kappa shape index (κ1) is 19.7. The summed E-state index contributed by atoms with van der Waals surface area (Å²) in [6, 6.07) is 0. The van der Waals surface area contributed by atoms with Gasteiger partial charge in [-0.1, -0.05) is 27.0 Å². The summed E-state index contributed by atoms with van der Waals surface area (Å²) in [6.07, 6.45) is 8.39. The van der Waals surface area contributed by atoms with E-state index in [0.717, 1.165) is 56.1 Å². The van der Waals surface area contributed by atoms with E-state index in [9.17, 15) is 15.3 Å². The lowest BCUT2D eigenvalue weighted by atomic mass is 9.43. The Kier molecular flexibility index (Phi) is 4.69. The minimum Gasteiger partial charge on any atom is -0.396 e. The number of fused-ring (bicyclic) bond motifs is 5. The molecule has 4 saturated carbocycles. The third-order valence-electron chi connectivity index (χ3n) is 9.92. The molecule has 4 rings (SSSR count). The zero-order chi connectivity index (χ0) is 19.6. The maximum Gasteiger partial charge on any atom is 0.0790 e. The minimum atomic E-state index is -0.619. The quantitative estimate of drug-likeness (QED) is 0.693. The van der Waals surface area contributed by atoms with Crippen molar-refractivity contribution in [3.8, 4) is 0 Å². The molecule has 152 valence electrons. The Labute approximate surface area is 164 Å². The molecule has 0 aromatic rings. The van der Waals surface area contributed by atoms with Crippen LogP contribution in [0.2, 0.25) is 0 Å². The Morgan fingerprint density at radius 2 is 1.74 bits per heavy atom. The fourth-order valence-electron chi connectivity index (χ4n) is 8.11. The maximum absolute atomic E-state index is 11.5. The third kappa shape index (κ3) is 2.50. The normalized spacial score (nSPS) is 52.3. The summed E-state index contributed by atoms with van der Waals surface area (Å²) >= 11 is 0. The molecule has 4 aliphatic rings. The van der Waals surface area contributed by atoms with Crippen molar-refractivity contribution >= 4 is 0 Å². The molecule has 0 heterocycles. The molecule has 4 fully saturated rings. The van der Waals surface area contributed by atoms with Crippen LogP contribution in [-0.4, -0.2) is 33.6 Å². The van der Waals surface area contributed by atoms with Gasteiger partial charge in [-0.25, -0.2) is 0 Å². The van der Waals surface area contributed by atoms with E-state index in [-0.39, 0.29) is 17.4 Å². The van der Waals surface area contributed by atoms with Gasteiger partial charge in [0.25, 0.3) is 0 Å². The van der Waals surface area contributed by atoms with Crippen LogP contribution < -0.4 is 0 Å². The fourth-order valence-corrected chi connectivity index (χ4v) is 8.11. The summed E-state index contributed by atoms with van der Waals surface area (Å²) in [5, 5.41) is 31.2. The molecule has 27 heavy (non-hydrogen) atoms. The maximum atomic E-state index is 11.5. The molecule has 0 amide bonds. The summed E-state index contributed by atoms with van der Waals surface area (Å²) in [4.78, 5) is 0. The Hall–Kier alpha value is -0.640. The molecule has 3 nitrogen and oxygen atoms in total. The molecule has 3 heteroatoms. The van der Waals surface area contributed by atoms with Gasteiger partial charge < -0.3 is 15.3 Å². The van der Waals surface area contributed by atoms with Crippen molar-refractivity contribution in [1.82, 2.24) is 0 Å². The van der Waals surface area contributed by atoms with Crippen LogP contribution in [-0.2, 0) is 0 Å². The van der Waals surface area contributed by atoms with Crippen LogP contribution in [0.3, 0.4) is 0 Å². The molecular weight excluding hydrogens is 336 g/mol. The van der Waals surface area contributed by atoms with Gasteiger partial charge in [-0.3, -0.25) is 0 Å². The molecule has 0 aromatic carbocycles. The molecule has 4 aliphatic carbocycles. The van der Waals surface area contributed by atoms with E-state index in [2.05, 4.69) is 27.0 Å². The average molecular weight is 375 g/mol. The van der Waals surface area contributed by atoms with Crippen LogP contribution in [0, 0.1) is 34.5 Å². The fraction of sp³-hybridized carbons (Fsp3) is 0.833. The predicted molar refractivity (Wildman–Crippen MR) is 108 cm³/mol. The number of hydrogen-bond donors (Lipinski definition) is 3. The molecule has 0 aliphatic heterocycles. The van der Waals surface area contributed by atoms with Gasteiger partial charge in [0.05, 0.1) is 11.7 Å². The largest absolute Gasteiger partial charge is 0.396 e. The molecule has 0 bridgehead atoms. The second-order valence-corrected chi connectivity index (χ2v) is 10.5. The molecule has 0 spiro atoms. The lowest BCUT2D eigenvalue weighted by Crippen LogP contribution is -2.57. The molecule has 0 radical (unpaired) electrons. The lowest BCUT2D eigenvalue weighted by Gasteiger charge is -2.62. The molecule has 0 aromatic heterocycles. The standard InChI is InChI=1S/C24H38O3/c1-15-16(2)23(4)17(14-21(15)26)6-7-18-19-9-12-24(27,10-5-13-25)22(19,3)11-8-20(18)23/h17-21,25-27H,1-2,5-14H2,3-4H3/t17?,18-,19-,20+,21?,22-,23-,24?/m0/s1. The van der Waals surface area contributed by atoms with Crippen LogP contribution in [0.1, 0.15) is 71.6 Å². The summed E-state index contributed by atoms with van der Waals surface area (Å²) in [5.74, 6) is 2.29. The van der Waals surface area contributed by atoms with Gasteiger partial charge >= 0.3 is 0 Å². The average Bonchev–Trinajstić information content (AvgIpc) is 2.91. The zero-order valence-electron chi connectivity index (χ0n) is 17.2. The van der Waals surface area contributed by atoms with Crippen LogP contribution in [0.25, 0.3) is 0 Å². The van der Waals surface area contributed by atoms with E-state index in [1.165, 1.54) is 6.42 Å². The van der Waals surface area contributed by atoms with E-state index in [0.29, 0.717) is 30.1 Å². The van der Waals surface area contributed by atoms with Crippen molar-refractivity contribution in [2.24, 2.45) is 34.5 Å². The number of aliphatic hydroxyl groups excluding tert-OH is 2. The van der Waals surface area contributed by atoms with Crippen molar-refractivity contribution < 1.29 is 15.3 Å². The van der Waals surface area contributed by atoms with Crippen molar-refractivity contribution in [3.63, 3.8) is 0 Å². The van der Waals surface area contributed by atoms with E-state index in [4.69, 9.17) is 0 Å². The van der Waals surface area contributed by atoms with Crippen molar-refractivity contribution in [2.45, 2.75) is 83.3 Å². The number of aliphatic hydroxyl groups is 3. The molecule has 3 unspecified atom stereocenters. The summed E-state index contributed by atoms with van der Waals surface area (Å²) in [6.45, 7) is 13.5. The SMILES string of the molecule is C=C1C(=C)[C@@]2(C)C(CC[C@@H]3[C@H]2CC[C@@]2(C)[C@H]3CCC2(O)CCCO)CC1O. The third-order valence-corrected chi connectivity index (χ3v) is 9.92. The van der Waals surface area contributed by atoms with Crippen LogP contribution in [0.15, 0.2) is 24.3 Å². The highest BCUT2D eigenvalue weighted by atomic mass is 16.3. The molecule has 3 N–H and O–H groups in total. The zero-order valence-corrected chi connectivity index (χ0v) is 17.2. The van der Waals surface area contributed by atoms with Crippen LogP contribution in [0.5, 0.6) is 0 Å². The summed E-state index contributed by atoms with van der Waals surface area (Å²) in [7, 11) is 0. The monoisotopic (exact) mass is 374 g/mol. The minimum absolute atomic E-state index is 0.0287. The van der Waals surface area contributed by atoms with E-state index in [1.807, 2.05) is 0 Å². The number of rotatable bonds is 3. The highest BCUT2D eigenvalue weighted by molar-refractivity contribution is 5.40. The van der Waals surface area contributed by atoms with Crippen LogP contribution >= 0.6 is 0 Å². The van der Waals surface area contributed by atoms with Gasteiger partial charge in [0.15, 0.2) is 0 Å². The van der Waals surface area contributed by atoms with Crippen molar-refractivity contribution in [2.75, 3.05) is 6.61 Å². The van der Waals surface area contributed by atoms with Crippen molar-refractivity contribution in [3.05, 3.63) is 24.3 Å². The Balaban J connectivity index is 1.64. The Bertz CT molecular complexity index is 642. The molecule has 8 atom stereocenters. The van der Waals surface area contributed by atoms with Crippen molar-refractivity contribution in [1.29, 1.82) is 0 Å². The lowest BCUT2D eigenvalue weighted by molar-refractivity contribution is -0.145. The van der Waals surface area contributed by atoms with Gasteiger partial charge in [0.2, 0.25) is 0 Å². The Morgan fingerprint density at radius 3 is 2.44 bits per heavy atom. The molecule has 0 saturated heterocycles. The van der Waals surface area contributed by atoms with Gasteiger partial charge in [-0.05, 0) is 103 Å². The van der Waals surface area contributed by atoms with E-state index < -0.39 is 11.7 Å². The smallest absolute Gasteiger partial charge is 0.0790 e.